The maximum atomic E-state index is 12.4. The van der Waals surface area contributed by atoms with Gasteiger partial charge in [-0.05, 0) is 43.2 Å². The Labute approximate surface area is 389 Å². The summed E-state index contributed by atoms with van der Waals surface area (Å²) in [6.45, 7) is 4.93. The molecule has 0 unspecified atom stereocenters. The summed E-state index contributed by atoms with van der Waals surface area (Å²) in [6.07, 6.45) is 2.27. The first-order valence-corrected chi connectivity index (χ1v) is 22.1. The number of aliphatic imine (C=N–C) groups is 1. The molecule has 364 valence electrons. The van der Waals surface area contributed by atoms with Crippen LogP contribution in [-0.4, -0.2) is 184 Å². The Hall–Kier alpha value is -5.39. The van der Waals surface area contributed by atoms with Gasteiger partial charge in [0.1, 0.15) is 23.9 Å². The number of rotatable bonds is 38. The molecule has 0 bridgehead atoms. The SMILES string of the molecule is CCC(=O)CN(CCN(CC(=O)O)CC(=O)NCCOCCOCCCC(=O)CCCOCCOCCOCCOc1cccc(-c2nc(N=C(N)N)nc3ccc(Cl)cc23)c1)CC(=O)O. The van der Waals surface area contributed by atoms with E-state index in [0.29, 0.717) is 107 Å². The van der Waals surface area contributed by atoms with Gasteiger partial charge in [0.2, 0.25) is 5.91 Å². The van der Waals surface area contributed by atoms with Crippen LogP contribution in [0.15, 0.2) is 47.5 Å². The number of carboxylic acids is 2. The van der Waals surface area contributed by atoms with Crippen LogP contribution < -0.4 is 21.5 Å². The number of aliphatic carboxylic acids is 2. The molecule has 1 amide bonds. The van der Waals surface area contributed by atoms with Crippen molar-refractivity contribution >= 4 is 63.8 Å². The van der Waals surface area contributed by atoms with Crippen LogP contribution in [0, 0.1) is 0 Å². The molecule has 0 saturated heterocycles. The zero-order valence-electron chi connectivity index (χ0n) is 37.5. The molecular formula is C44H63ClN8O13. The molecule has 3 aromatic rings. The average molecular weight is 947 g/mol. The van der Waals surface area contributed by atoms with Crippen molar-refractivity contribution in [2.45, 2.75) is 39.0 Å². The van der Waals surface area contributed by atoms with E-state index in [0.717, 1.165) is 10.9 Å². The standard InChI is InChI=1S/C44H63ClN8O13/c1-2-34(54)28-52(30-40(57)58)13-14-53(31-41(59)60)29-39(56)48-12-17-63-20-18-61-15-4-7-35(55)8-5-16-62-19-21-64-22-23-65-24-25-66-36-9-3-6-32(26-36)42-37-27-33(45)10-11-38(37)49-44(50-42)51-43(46)47/h3,6,9-11,26-27H,2,4-5,7-8,12-25,28-31H2,1H3,(H,48,56)(H,57,58)(H,59,60)(H4,46,47,49,50,51). The van der Waals surface area contributed by atoms with Crippen molar-refractivity contribution < 1.29 is 62.6 Å². The van der Waals surface area contributed by atoms with Crippen LogP contribution in [-0.2, 0) is 47.7 Å². The lowest BCUT2D eigenvalue weighted by Crippen LogP contribution is -2.45. The Morgan fingerprint density at radius 1 is 0.697 bits per heavy atom. The molecule has 0 radical (unpaired) electrons. The zero-order valence-corrected chi connectivity index (χ0v) is 38.2. The zero-order chi connectivity index (χ0) is 47.9. The van der Waals surface area contributed by atoms with Crippen LogP contribution in [0.1, 0.15) is 39.0 Å². The third kappa shape index (κ3) is 24.2. The van der Waals surface area contributed by atoms with Crippen LogP contribution in [0.3, 0.4) is 0 Å². The van der Waals surface area contributed by atoms with E-state index in [2.05, 4.69) is 20.3 Å². The maximum absolute atomic E-state index is 12.4. The quantitative estimate of drug-likeness (QED) is 0.0313. The first kappa shape index (κ1) is 54.9. The molecule has 7 N–H and O–H groups in total. The van der Waals surface area contributed by atoms with Gasteiger partial charge in [-0.3, -0.25) is 33.8 Å². The average Bonchev–Trinajstić information content (AvgIpc) is 3.27. The molecule has 2 aromatic carbocycles. The first-order chi connectivity index (χ1) is 31.8. The highest BCUT2D eigenvalue weighted by Crippen LogP contribution is 2.31. The molecule has 21 nitrogen and oxygen atoms in total. The molecule has 0 fully saturated rings. The summed E-state index contributed by atoms with van der Waals surface area (Å²) in [5.41, 5.74) is 13.1. The lowest BCUT2D eigenvalue weighted by molar-refractivity contribution is -0.141. The second-order valence-corrected chi connectivity index (χ2v) is 15.1. The molecule has 22 heteroatoms. The lowest BCUT2D eigenvalue weighted by atomic mass is 10.1. The number of hydrogen-bond donors (Lipinski definition) is 5. The fraction of sp³-hybridized carbons (Fsp3) is 0.545. The number of nitrogens with one attached hydrogen (secondary N) is 1. The van der Waals surface area contributed by atoms with Crippen LogP contribution in [0.2, 0.25) is 5.02 Å². The number of aromatic nitrogens is 2. The number of ketones is 2. The molecule has 0 aliphatic carbocycles. The van der Waals surface area contributed by atoms with Gasteiger partial charge >= 0.3 is 11.9 Å². The summed E-state index contributed by atoms with van der Waals surface area (Å²) < 4.78 is 33.7. The molecule has 0 aliphatic heterocycles. The maximum Gasteiger partial charge on any atom is 0.317 e. The van der Waals surface area contributed by atoms with E-state index in [9.17, 15) is 29.1 Å². The van der Waals surface area contributed by atoms with Crippen LogP contribution in [0.5, 0.6) is 5.75 Å². The number of benzene rings is 2. The Morgan fingerprint density at radius 3 is 1.86 bits per heavy atom. The van der Waals surface area contributed by atoms with Crippen molar-refractivity contribution in [1.82, 2.24) is 25.1 Å². The minimum absolute atomic E-state index is 0.0704. The lowest BCUT2D eigenvalue weighted by Gasteiger charge is -2.25. The predicted molar refractivity (Wildman–Crippen MR) is 245 cm³/mol. The number of ether oxygens (including phenoxy) is 6. The number of halogens is 1. The summed E-state index contributed by atoms with van der Waals surface area (Å²) in [5.74, 6) is -2.07. The Morgan fingerprint density at radius 2 is 1.27 bits per heavy atom. The number of hydrogen-bond acceptors (Lipinski definition) is 16. The summed E-state index contributed by atoms with van der Waals surface area (Å²) in [7, 11) is 0. The fourth-order valence-electron chi connectivity index (χ4n) is 6.13. The number of nitrogens with zero attached hydrogens (tertiary/aromatic N) is 5. The topological polar surface area (TPSA) is 290 Å². The van der Waals surface area contributed by atoms with Crippen molar-refractivity contribution in [3.05, 3.63) is 47.5 Å². The molecule has 0 saturated carbocycles. The number of carboxylic acid groups (broad SMARTS) is 2. The number of amides is 1. The third-order valence-electron chi connectivity index (χ3n) is 9.26. The van der Waals surface area contributed by atoms with E-state index in [4.69, 9.17) is 56.6 Å². The van der Waals surface area contributed by atoms with Crippen LogP contribution in [0.25, 0.3) is 22.2 Å². The third-order valence-corrected chi connectivity index (χ3v) is 9.50. The van der Waals surface area contributed by atoms with Gasteiger partial charge in [-0.15, -0.1) is 0 Å². The highest BCUT2D eigenvalue weighted by atomic mass is 35.5. The number of fused-ring (bicyclic) bond motifs is 1. The van der Waals surface area contributed by atoms with Gasteiger partial charge in [0.15, 0.2) is 5.96 Å². The van der Waals surface area contributed by atoms with Gasteiger partial charge in [0.25, 0.3) is 5.95 Å². The monoisotopic (exact) mass is 946 g/mol. The van der Waals surface area contributed by atoms with Gasteiger partial charge in [-0.25, -0.2) is 9.97 Å². The van der Waals surface area contributed by atoms with Gasteiger partial charge in [0, 0.05) is 68.1 Å². The number of Topliss-reactive ketones (excluding diaryl/α,β-unsaturated/α-hetero) is 2. The summed E-state index contributed by atoms with van der Waals surface area (Å²) in [5, 5.41) is 22.3. The number of guanidine groups is 1. The Balaban J connectivity index is 1.12. The fourth-order valence-corrected chi connectivity index (χ4v) is 6.31. The molecule has 66 heavy (non-hydrogen) atoms. The van der Waals surface area contributed by atoms with Crippen molar-refractivity contribution in [3.8, 4) is 17.0 Å². The summed E-state index contributed by atoms with van der Waals surface area (Å²) >= 11 is 6.26. The van der Waals surface area contributed by atoms with E-state index < -0.39 is 24.4 Å². The summed E-state index contributed by atoms with van der Waals surface area (Å²) in [6, 6.07) is 12.7. The van der Waals surface area contributed by atoms with Crippen LogP contribution in [0.4, 0.5) is 5.95 Å². The summed E-state index contributed by atoms with van der Waals surface area (Å²) in [4.78, 5) is 74.6. The van der Waals surface area contributed by atoms with Gasteiger partial charge < -0.3 is 55.4 Å². The Bertz CT molecular complexity index is 2010. The molecule has 1 aromatic heterocycles. The van der Waals surface area contributed by atoms with Gasteiger partial charge in [0.05, 0.1) is 90.2 Å². The van der Waals surface area contributed by atoms with E-state index >= 15 is 0 Å². The van der Waals surface area contributed by atoms with Gasteiger partial charge in [-0.1, -0.05) is 30.7 Å². The van der Waals surface area contributed by atoms with E-state index in [1.807, 2.05) is 24.3 Å². The van der Waals surface area contributed by atoms with E-state index in [1.165, 1.54) is 9.80 Å². The number of carbonyl (C=O) groups excluding carboxylic acids is 3. The van der Waals surface area contributed by atoms with Crippen molar-refractivity contribution in [1.29, 1.82) is 0 Å². The Kier molecular flexibility index (Phi) is 26.9. The van der Waals surface area contributed by atoms with Crippen molar-refractivity contribution in [2.24, 2.45) is 16.5 Å². The molecule has 0 spiro atoms. The minimum atomic E-state index is -1.14. The van der Waals surface area contributed by atoms with Crippen molar-refractivity contribution in [2.75, 3.05) is 118 Å². The largest absolute Gasteiger partial charge is 0.491 e. The van der Waals surface area contributed by atoms with E-state index in [-0.39, 0.29) is 82.4 Å². The van der Waals surface area contributed by atoms with Crippen molar-refractivity contribution in [3.63, 3.8) is 0 Å². The number of nitrogens with two attached hydrogens (primary N) is 2. The molecular weight excluding hydrogens is 884 g/mol. The van der Waals surface area contributed by atoms with E-state index in [1.54, 1.807) is 25.1 Å². The second-order valence-electron chi connectivity index (χ2n) is 14.7. The molecule has 0 aliphatic rings. The molecule has 1 heterocycles. The number of carbonyl (C=O) groups is 5. The normalized spacial score (nSPS) is 11.3. The second kappa shape index (κ2) is 32.3. The molecule has 0 atom stereocenters. The predicted octanol–water partition coefficient (Wildman–Crippen LogP) is 2.31. The minimum Gasteiger partial charge on any atom is -0.491 e. The molecule has 3 rings (SSSR count). The van der Waals surface area contributed by atoms with Gasteiger partial charge in [-0.2, -0.15) is 4.99 Å². The van der Waals surface area contributed by atoms with Crippen LogP contribution >= 0.6 is 11.6 Å². The smallest absolute Gasteiger partial charge is 0.317 e. The highest BCUT2D eigenvalue weighted by Gasteiger charge is 2.19. The first-order valence-electron chi connectivity index (χ1n) is 21.7. The highest BCUT2D eigenvalue weighted by molar-refractivity contribution is 6.31.